The van der Waals surface area contributed by atoms with Crippen molar-refractivity contribution in [2.24, 2.45) is 0 Å². The molecule has 2 amide bonds. The van der Waals surface area contributed by atoms with Crippen LogP contribution in [0.2, 0.25) is 0 Å². The van der Waals surface area contributed by atoms with Gasteiger partial charge in [0.05, 0.1) is 19.8 Å². The van der Waals surface area contributed by atoms with Crippen molar-refractivity contribution in [2.45, 2.75) is 64.0 Å². The van der Waals surface area contributed by atoms with Crippen LogP contribution in [0.25, 0.3) is 0 Å². The largest absolute Gasteiger partial charge is 0.493 e. The molecule has 5 heteroatoms. The Hall–Kier alpha value is -1.91. The van der Waals surface area contributed by atoms with Gasteiger partial charge >= 0.3 is 6.03 Å². The molecule has 2 rings (SSSR count). The molecular formula is C19H30N2O3. The molecule has 1 aromatic rings. The van der Waals surface area contributed by atoms with E-state index in [1.54, 1.807) is 14.2 Å². The fraction of sp³-hybridized carbons (Fsp3) is 0.632. The van der Waals surface area contributed by atoms with Gasteiger partial charge in [-0.2, -0.15) is 0 Å². The van der Waals surface area contributed by atoms with E-state index in [-0.39, 0.29) is 12.1 Å². The van der Waals surface area contributed by atoms with Crippen molar-refractivity contribution in [1.29, 1.82) is 0 Å². The third-order valence-corrected chi connectivity index (χ3v) is 4.72. The van der Waals surface area contributed by atoms with Gasteiger partial charge in [0.2, 0.25) is 0 Å². The lowest BCUT2D eigenvalue weighted by atomic mass is 9.94. The maximum absolute atomic E-state index is 12.4. The summed E-state index contributed by atoms with van der Waals surface area (Å²) in [6.45, 7) is 3.97. The molecule has 1 aliphatic rings. The Morgan fingerprint density at radius 3 is 2.25 bits per heavy atom. The second-order valence-electron chi connectivity index (χ2n) is 6.98. The van der Waals surface area contributed by atoms with Crippen LogP contribution in [0, 0.1) is 0 Å². The summed E-state index contributed by atoms with van der Waals surface area (Å²) in [4.78, 5) is 12.4. The number of hydrogen-bond acceptors (Lipinski definition) is 3. The van der Waals surface area contributed by atoms with Crippen molar-refractivity contribution in [1.82, 2.24) is 10.6 Å². The van der Waals surface area contributed by atoms with Crippen LogP contribution in [-0.4, -0.2) is 26.3 Å². The minimum Gasteiger partial charge on any atom is -0.493 e. The SMILES string of the molecule is COc1ccc(C(C)(C)NC(=O)NC2CCCCCC2)cc1OC. The van der Waals surface area contributed by atoms with Crippen LogP contribution in [0.15, 0.2) is 18.2 Å². The number of methoxy groups -OCH3 is 2. The van der Waals surface area contributed by atoms with Crippen LogP contribution in [0.3, 0.4) is 0 Å². The smallest absolute Gasteiger partial charge is 0.315 e. The van der Waals surface area contributed by atoms with Crippen LogP contribution < -0.4 is 20.1 Å². The van der Waals surface area contributed by atoms with Crippen LogP contribution in [0.4, 0.5) is 4.79 Å². The minimum atomic E-state index is -0.506. The Morgan fingerprint density at radius 1 is 1.04 bits per heavy atom. The van der Waals surface area contributed by atoms with Crippen molar-refractivity contribution in [3.05, 3.63) is 23.8 Å². The lowest BCUT2D eigenvalue weighted by Gasteiger charge is -2.29. The van der Waals surface area contributed by atoms with Gasteiger partial charge in [0, 0.05) is 6.04 Å². The molecule has 5 nitrogen and oxygen atoms in total. The van der Waals surface area contributed by atoms with Gasteiger partial charge < -0.3 is 20.1 Å². The van der Waals surface area contributed by atoms with Crippen molar-refractivity contribution in [3.8, 4) is 11.5 Å². The van der Waals surface area contributed by atoms with Crippen LogP contribution >= 0.6 is 0 Å². The first kappa shape index (κ1) is 18.4. The number of rotatable bonds is 5. The van der Waals surface area contributed by atoms with Gasteiger partial charge in [-0.15, -0.1) is 0 Å². The first-order chi connectivity index (χ1) is 11.5. The highest BCUT2D eigenvalue weighted by Gasteiger charge is 2.25. The van der Waals surface area contributed by atoms with E-state index in [0.29, 0.717) is 11.5 Å². The average molecular weight is 334 g/mol. The third kappa shape index (κ3) is 4.79. The Balaban J connectivity index is 2.02. The van der Waals surface area contributed by atoms with Gasteiger partial charge in [0.15, 0.2) is 11.5 Å². The molecule has 1 saturated carbocycles. The van der Waals surface area contributed by atoms with Crippen molar-refractivity contribution >= 4 is 6.03 Å². The molecule has 0 heterocycles. The summed E-state index contributed by atoms with van der Waals surface area (Å²) >= 11 is 0. The number of nitrogens with one attached hydrogen (secondary N) is 2. The topological polar surface area (TPSA) is 59.6 Å². The van der Waals surface area contributed by atoms with E-state index in [1.807, 2.05) is 32.0 Å². The zero-order valence-electron chi connectivity index (χ0n) is 15.3. The number of urea groups is 1. The summed E-state index contributed by atoms with van der Waals surface area (Å²) in [6, 6.07) is 5.90. The molecule has 0 aromatic heterocycles. The number of amides is 2. The summed E-state index contributed by atoms with van der Waals surface area (Å²) in [5.74, 6) is 1.34. The maximum atomic E-state index is 12.4. The summed E-state index contributed by atoms with van der Waals surface area (Å²) < 4.78 is 10.6. The summed E-state index contributed by atoms with van der Waals surface area (Å²) in [5, 5.41) is 6.21. The molecule has 0 bridgehead atoms. The van der Waals surface area contributed by atoms with E-state index >= 15 is 0 Å². The predicted molar refractivity (Wildman–Crippen MR) is 95.7 cm³/mol. The highest BCUT2D eigenvalue weighted by atomic mass is 16.5. The molecular weight excluding hydrogens is 304 g/mol. The maximum Gasteiger partial charge on any atom is 0.315 e. The number of benzene rings is 1. The zero-order valence-corrected chi connectivity index (χ0v) is 15.3. The number of ether oxygens (including phenoxy) is 2. The normalized spacial score (nSPS) is 16.2. The molecule has 1 fully saturated rings. The summed E-state index contributed by atoms with van der Waals surface area (Å²) in [5.41, 5.74) is 0.463. The summed E-state index contributed by atoms with van der Waals surface area (Å²) in [7, 11) is 3.22. The van der Waals surface area contributed by atoms with Crippen LogP contribution in [0.1, 0.15) is 57.9 Å². The first-order valence-electron chi connectivity index (χ1n) is 8.77. The highest BCUT2D eigenvalue weighted by molar-refractivity contribution is 5.75. The van der Waals surface area contributed by atoms with Gasteiger partial charge in [-0.05, 0) is 44.4 Å². The third-order valence-electron chi connectivity index (χ3n) is 4.72. The molecule has 134 valence electrons. The average Bonchev–Trinajstić information content (AvgIpc) is 2.82. The van der Waals surface area contributed by atoms with Crippen LogP contribution in [-0.2, 0) is 5.54 Å². The Morgan fingerprint density at radius 2 is 1.67 bits per heavy atom. The lowest BCUT2D eigenvalue weighted by Crippen LogP contribution is -2.49. The molecule has 0 saturated heterocycles. The van der Waals surface area contributed by atoms with Gasteiger partial charge in [-0.3, -0.25) is 0 Å². The van der Waals surface area contributed by atoms with Crippen molar-refractivity contribution in [2.75, 3.05) is 14.2 Å². The van der Waals surface area contributed by atoms with Gasteiger partial charge in [0.1, 0.15) is 0 Å². The van der Waals surface area contributed by atoms with Gasteiger partial charge in [-0.25, -0.2) is 4.79 Å². The van der Waals surface area contributed by atoms with Gasteiger partial charge in [0.25, 0.3) is 0 Å². The molecule has 1 aromatic carbocycles. The fourth-order valence-corrected chi connectivity index (χ4v) is 3.23. The number of carbonyl (C=O) groups is 1. The number of carbonyl (C=O) groups excluding carboxylic acids is 1. The van der Waals surface area contributed by atoms with E-state index in [0.717, 1.165) is 18.4 Å². The fourth-order valence-electron chi connectivity index (χ4n) is 3.23. The molecule has 0 unspecified atom stereocenters. The van der Waals surface area contributed by atoms with Crippen LogP contribution in [0.5, 0.6) is 11.5 Å². The zero-order chi connectivity index (χ0) is 17.6. The highest BCUT2D eigenvalue weighted by Crippen LogP contribution is 2.32. The Bertz CT molecular complexity index is 550. The molecule has 0 aliphatic heterocycles. The van der Waals surface area contributed by atoms with E-state index in [2.05, 4.69) is 10.6 Å². The minimum absolute atomic E-state index is 0.110. The second kappa shape index (κ2) is 8.27. The summed E-state index contributed by atoms with van der Waals surface area (Å²) in [6.07, 6.45) is 7.09. The first-order valence-corrected chi connectivity index (χ1v) is 8.77. The lowest BCUT2D eigenvalue weighted by molar-refractivity contribution is 0.224. The second-order valence-corrected chi connectivity index (χ2v) is 6.98. The predicted octanol–water partition coefficient (Wildman–Crippen LogP) is 3.96. The monoisotopic (exact) mass is 334 g/mol. The quantitative estimate of drug-likeness (QED) is 0.801. The standard InChI is InChI=1S/C19H30N2O3/c1-19(2,14-11-12-16(23-3)17(13-14)24-4)21-18(22)20-15-9-7-5-6-8-10-15/h11-13,15H,5-10H2,1-4H3,(H2,20,21,22). The van der Waals surface area contributed by atoms with Gasteiger partial charge in [-0.1, -0.05) is 31.7 Å². The van der Waals surface area contributed by atoms with Crippen molar-refractivity contribution < 1.29 is 14.3 Å². The Labute approximate surface area is 145 Å². The molecule has 24 heavy (non-hydrogen) atoms. The molecule has 0 radical (unpaired) electrons. The number of hydrogen-bond donors (Lipinski definition) is 2. The molecule has 2 N–H and O–H groups in total. The molecule has 1 aliphatic carbocycles. The van der Waals surface area contributed by atoms with E-state index in [1.165, 1.54) is 25.7 Å². The van der Waals surface area contributed by atoms with E-state index in [9.17, 15) is 4.79 Å². The van der Waals surface area contributed by atoms with E-state index in [4.69, 9.17) is 9.47 Å². The molecule has 0 spiro atoms. The van der Waals surface area contributed by atoms with Crippen molar-refractivity contribution in [3.63, 3.8) is 0 Å². The molecule has 0 atom stereocenters. The van der Waals surface area contributed by atoms with E-state index < -0.39 is 5.54 Å². The Kier molecular flexibility index (Phi) is 6.35.